The van der Waals surface area contributed by atoms with E-state index in [9.17, 15) is 13.2 Å². The van der Waals surface area contributed by atoms with E-state index >= 15 is 0 Å². The summed E-state index contributed by atoms with van der Waals surface area (Å²) in [6.45, 7) is 2.38. The Hall–Kier alpha value is -3.46. The topological polar surface area (TPSA) is 102 Å². The van der Waals surface area contributed by atoms with Crippen molar-refractivity contribution in [2.24, 2.45) is 4.40 Å². The van der Waals surface area contributed by atoms with Crippen LogP contribution in [0.15, 0.2) is 62.2 Å². The van der Waals surface area contributed by atoms with Gasteiger partial charge in [0, 0.05) is 18.5 Å². The van der Waals surface area contributed by atoms with Gasteiger partial charge in [-0.15, -0.1) is 4.40 Å². The van der Waals surface area contributed by atoms with E-state index in [-0.39, 0.29) is 17.1 Å². The summed E-state index contributed by atoms with van der Waals surface area (Å²) < 4.78 is 40.7. The van der Waals surface area contributed by atoms with E-state index in [0.717, 1.165) is 24.8 Å². The molecule has 1 aromatic heterocycles. The van der Waals surface area contributed by atoms with Gasteiger partial charge in [-0.25, -0.2) is 9.78 Å². The Labute approximate surface area is 192 Å². The van der Waals surface area contributed by atoms with E-state index < -0.39 is 16.0 Å². The molecule has 3 heterocycles. The molecule has 1 fully saturated rings. The number of esters is 1. The zero-order chi connectivity index (χ0) is 23.0. The second kappa shape index (κ2) is 8.47. The molecule has 2 aromatic carbocycles. The molecule has 0 aliphatic carbocycles. The highest BCUT2D eigenvalue weighted by Crippen LogP contribution is 2.35. The third kappa shape index (κ3) is 4.16. The fourth-order valence-electron chi connectivity index (χ4n) is 4.09. The Balaban J connectivity index is 1.36. The number of fused-ring (bicyclic) bond motifs is 3. The molecule has 3 aromatic rings. The number of oxazole rings is 1. The van der Waals surface area contributed by atoms with Crippen LogP contribution in [0.3, 0.4) is 0 Å². The first kappa shape index (κ1) is 21.4. The standard InChI is InChI=1S/C24H23N3O5S/c1-16-19(25-23(32-16)17-8-4-2-5-9-17)15-31-24(28)18-11-12-20-21(14-18)33(29,30)26-22-10-6-3-7-13-27(20)22/h2,4-5,8-9,11-12,14H,3,6-7,10,13,15H2,1H3. The fraction of sp³-hybridized carbons (Fsp3) is 0.292. The number of amidine groups is 1. The number of benzene rings is 2. The number of anilines is 1. The van der Waals surface area contributed by atoms with Gasteiger partial charge in [-0.2, -0.15) is 8.42 Å². The summed E-state index contributed by atoms with van der Waals surface area (Å²) in [5, 5.41) is 0. The van der Waals surface area contributed by atoms with Crippen molar-refractivity contribution in [3.63, 3.8) is 0 Å². The van der Waals surface area contributed by atoms with Crippen molar-refractivity contribution in [1.29, 1.82) is 0 Å². The van der Waals surface area contributed by atoms with E-state index in [1.54, 1.807) is 19.1 Å². The maximum atomic E-state index is 12.8. The number of sulfonamides is 1. The molecule has 9 heteroatoms. The molecule has 5 rings (SSSR count). The van der Waals surface area contributed by atoms with E-state index in [0.29, 0.717) is 41.8 Å². The summed E-state index contributed by atoms with van der Waals surface area (Å²) in [4.78, 5) is 19.1. The first-order chi connectivity index (χ1) is 15.9. The minimum Gasteiger partial charge on any atom is -0.455 e. The molecule has 0 unspecified atom stereocenters. The summed E-state index contributed by atoms with van der Waals surface area (Å²) in [6.07, 6.45) is 3.54. The van der Waals surface area contributed by atoms with E-state index in [2.05, 4.69) is 9.38 Å². The Morgan fingerprint density at radius 2 is 1.94 bits per heavy atom. The molecule has 170 valence electrons. The smallest absolute Gasteiger partial charge is 0.338 e. The van der Waals surface area contributed by atoms with Gasteiger partial charge in [-0.1, -0.05) is 24.6 Å². The lowest BCUT2D eigenvalue weighted by molar-refractivity contribution is 0.0466. The number of rotatable bonds is 4. The van der Waals surface area contributed by atoms with Gasteiger partial charge in [0.05, 0.1) is 11.3 Å². The number of aromatic nitrogens is 1. The van der Waals surface area contributed by atoms with Crippen molar-refractivity contribution >= 4 is 27.5 Å². The largest absolute Gasteiger partial charge is 0.455 e. The molecular formula is C24H23N3O5S. The lowest BCUT2D eigenvalue weighted by atomic mass is 10.2. The van der Waals surface area contributed by atoms with Crippen LogP contribution in [0.25, 0.3) is 11.5 Å². The normalized spacial score (nSPS) is 16.9. The molecule has 2 aliphatic heterocycles. The second-order valence-corrected chi connectivity index (χ2v) is 9.66. The minimum atomic E-state index is -3.87. The predicted molar refractivity (Wildman–Crippen MR) is 123 cm³/mol. The summed E-state index contributed by atoms with van der Waals surface area (Å²) in [5.74, 6) is 0.941. The quantitative estimate of drug-likeness (QED) is 0.523. The molecular weight excluding hydrogens is 442 g/mol. The molecule has 0 saturated carbocycles. The minimum absolute atomic E-state index is 0.0339. The number of hydrogen-bond donors (Lipinski definition) is 0. The fourth-order valence-corrected chi connectivity index (χ4v) is 5.37. The average molecular weight is 466 g/mol. The van der Waals surface area contributed by atoms with E-state index in [1.807, 2.05) is 35.2 Å². The molecule has 0 atom stereocenters. The molecule has 33 heavy (non-hydrogen) atoms. The van der Waals surface area contributed by atoms with Gasteiger partial charge in [0.2, 0.25) is 5.89 Å². The van der Waals surface area contributed by atoms with Gasteiger partial charge in [-0.3, -0.25) is 0 Å². The molecule has 2 aliphatic rings. The summed E-state index contributed by atoms with van der Waals surface area (Å²) in [6, 6.07) is 14.0. The Kier molecular flexibility index (Phi) is 5.49. The van der Waals surface area contributed by atoms with Crippen molar-refractivity contribution in [1.82, 2.24) is 4.98 Å². The van der Waals surface area contributed by atoms with Gasteiger partial charge in [0.25, 0.3) is 10.0 Å². The van der Waals surface area contributed by atoms with Crippen LogP contribution in [0, 0.1) is 6.92 Å². The third-order valence-electron chi connectivity index (χ3n) is 5.84. The Bertz CT molecular complexity index is 1350. The van der Waals surface area contributed by atoms with Crippen molar-refractivity contribution in [3.8, 4) is 11.5 Å². The average Bonchev–Trinajstić information content (AvgIpc) is 3.03. The highest BCUT2D eigenvalue weighted by atomic mass is 32.2. The first-order valence-electron chi connectivity index (χ1n) is 10.9. The van der Waals surface area contributed by atoms with Gasteiger partial charge in [0.15, 0.2) is 0 Å². The van der Waals surface area contributed by atoms with Gasteiger partial charge in [0.1, 0.15) is 28.8 Å². The van der Waals surface area contributed by atoms with E-state index in [4.69, 9.17) is 9.15 Å². The lowest BCUT2D eigenvalue weighted by Gasteiger charge is -2.29. The molecule has 0 bridgehead atoms. The lowest BCUT2D eigenvalue weighted by Crippen LogP contribution is -2.35. The maximum Gasteiger partial charge on any atom is 0.338 e. The predicted octanol–water partition coefficient (Wildman–Crippen LogP) is 4.49. The van der Waals surface area contributed by atoms with Crippen molar-refractivity contribution < 1.29 is 22.4 Å². The second-order valence-electron chi connectivity index (χ2n) is 8.09. The summed E-state index contributed by atoms with van der Waals surface area (Å²) in [7, 11) is -3.87. The zero-order valence-corrected chi connectivity index (χ0v) is 19.0. The number of hydrogen-bond acceptors (Lipinski definition) is 7. The number of aryl methyl sites for hydroxylation is 1. The molecule has 0 radical (unpaired) electrons. The van der Waals surface area contributed by atoms with Crippen molar-refractivity contribution in [2.75, 3.05) is 11.4 Å². The number of carbonyl (C=O) groups excluding carboxylic acids is 1. The molecule has 0 amide bonds. The number of carbonyl (C=O) groups is 1. The van der Waals surface area contributed by atoms with Crippen LogP contribution < -0.4 is 4.90 Å². The Morgan fingerprint density at radius 3 is 2.76 bits per heavy atom. The zero-order valence-electron chi connectivity index (χ0n) is 18.2. The molecule has 8 nitrogen and oxygen atoms in total. The van der Waals surface area contributed by atoms with Crippen LogP contribution in [0.2, 0.25) is 0 Å². The Morgan fingerprint density at radius 1 is 1.12 bits per heavy atom. The van der Waals surface area contributed by atoms with E-state index in [1.165, 1.54) is 6.07 Å². The van der Waals surface area contributed by atoms with Gasteiger partial charge in [-0.05, 0) is 50.1 Å². The highest BCUT2D eigenvalue weighted by molar-refractivity contribution is 7.90. The van der Waals surface area contributed by atoms with Gasteiger partial charge < -0.3 is 14.1 Å². The van der Waals surface area contributed by atoms with Crippen LogP contribution in [-0.2, 0) is 21.4 Å². The SMILES string of the molecule is Cc1oc(-c2ccccc2)nc1COC(=O)c1ccc2c(c1)S(=O)(=O)N=C1CCCCCN12. The number of ether oxygens (including phenoxy) is 1. The molecule has 0 N–H and O–H groups in total. The summed E-state index contributed by atoms with van der Waals surface area (Å²) in [5.41, 5.74) is 2.05. The third-order valence-corrected chi connectivity index (χ3v) is 7.17. The van der Waals surface area contributed by atoms with Crippen molar-refractivity contribution in [2.45, 2.75) is 44.1 Å². The monoisotopic (exact) mass is 465 g/mol. The van der Waals surface area contributed by atoms with Crippen molar-refractivity contribution in [3.05, 3.63) is 65.5 Å². The van der Waals surface area contributed by atoms with Crippen LogP contribution in [-0.4, -0.2) is 31.8 Å². The van der Waals surface area contributed by atoms with Gasteiger partial charge >= 0.3 is 5.97 Å². The summed E-state index contributed by atoms with van der Waals surface area (Å²) >= 11 is 0. The first-order valence-corrected chi connectivity index (χ1v) is 12.3. The van der Waals surface area contributed by atoms with Crippen LogP contribution >= 0.6 is 0 Å². The molecule has 1 saturated heterocycles. The highest BCUT2D eigenvalue weighted by Gasteiger charge is 2.32. The number of nitrogens with zero attached hydrogens (tertiary/aromatic N) is 3. The maximum absolute atomic E-state index is 12.8. The molecule has 0 spiro atoms. The van der Waals surface area contributed by atoms with Crippen LogP contribution in [0.5, 0.6) is 0 Å². The van der Waals surface area contributed by atoms with Crippen LogP contribution in [0.1, 0.15) is 47.5 Å². The van der Waals surface area contributed by atoms with Crippen LogP contribution in [0.4, 0.5) is 5.69 Å².